The number of aromatic amines is 1. The maximum atomic E-state index is 14.7. The average Bonchev–Trinajstić information content (AvgIpc) is 3.76. The van der Waals surface area contributed by atoms with Gasteiger partial charge in [-0.3, -0.25) is 33.6 Å². The fourth-order valence-electron chi connectivity index (χ4n) is 7.77. The topological polar surface area (TPSA) is 349 Å². The number of unbranched alkanes of at least 4 members (excludes halogenated alkanes) is 1. The number of carbonyl (C=O) groups excluding carboxylic acids is 7. The number of H-pyrrole nitrogens is 1. The molecule has 0 radical (unpaired) electrons. The second kappa shape index (κ2) is 27.9. The maximum Gasteiger partial charge on any atom is 0.328 e. The van der Waals surface area contributed by atoms with Gasteiger partial charge in [0.05, 0.1) is 18.2 Å². The number of hydrogen-bond donors (Lipinski definition) is 13. The Morgan fingerprint density at radius 1 is 0.708 bits per heavy atom. The molecular formula is C49H64N10O11S2. The van der Waals surface area contributed by atoms with Crippen molar-refractivity contribution < 1.29 is 53.7 Å². The number of aliphatic carboxylic acids is 1. The highest BCUT2D eigenvalue weighted by molar-refractivity contribution is 8.76. The first-order valence-electron chi connectivity index (χ1n) is 23.5. The monoisotopic (exact) mass is 1030 g/mol. The summed E-state index contributed by atoms with van der Waals surface area (Å²) in [6.07, 6.45) is -0.764. The first kappa shape index (κ1) is 56.4. The van der Waals surface area contributed by atoms with Crippen LogP contribution in [0.3, 0.4) is 0 Å². The number of aliphatic hydroxyl groups is 2. The molecule has 21 nitrogen and oxygen atoms in total. The largest absolute Gasteiger partial charge is 0.480 e. The molecule has 7 amide bonds. The average molecular weight is 1030 g/mol. The van der Waals surface area contributed by atoms with Crippen molar-refractivity contribution in [1.29, 1.82) is 0 Å². The molecule has 0 spiro atoms. The Hall–Kier alpha value is -6.50. The molecule has 0 unspecified atom stereocenters. The molecule has 0 saturated carbocycles. The highest BCUT2D eigenvalue weighted by Gasteiger charge is 2.37. The van der Waals surface area contributed by atoms with Gasteiger partial charge in [0, 0.05) is 41.4 Å². The van der Waals surface area contributed by atoms with Crippen molar-refractivity contribution in [1.82, 2.24) is 42.2 Å². The van der Waals surface area contributed by atoms with Crippen LogP contribution in [0.15, 0.2) is 91.1 Å². The van der Waals surface area contributed by atoms with Gasteiger partial charge in [0.25, 0.3) is 0 Å². The van der Waals surface area contributed by atoms with Crippen molar-refractivity contribution in [3.8, 4) is 0 Å². The standard InChI is InChI=1S/C49H64N10O11S2/c1-27(60)40-48(68)57-39(47(67)59-41(28(2)61)49(69)70)26-72-71-25-38(56-42(62)33(51)21-29-13-5-3-6-14-29)46(66)54-36(22-30-15-7-4-8-16-30)44(64)55-37(23-31-24-52-34-18-10-9-17-32(31)34)45(65)53-35(43(63)58-40)19-11-12-20-50/h3-10,13-18,24,27-28,33,35-41,52,60-61H,11-12,19-23,25-26,50-51H2,1-2H3,(H,53,65)(H,54,66)(H,55,64)(H,56,62)(H,57,68)(H,58,63)(H,59,67)(H,69,70)/t27-,28-,33-,35+,36+,37-,38+,39-,40+,41+/m1/s1. The Balaban J connectivity index is 1.57. The Kier molecular flexibility index (Phi) is 21.9. The number of fused-ring (bicyclic) bond motifs is 1. The summed E-state index contributed by atoms with van der Waals surface area (Å²) in [7, 11) is 1.91. The van der Waals surface area contributed by atoms with Crippen LogP contribution in [0.4, 0.5) is 0 Å². The highest BCUT2D eigenvalue weighted by Crippen LogP contribution is 2.24. The third kappa shape index (κ3) is 16.8. The lowest BCUT2D eigenvalue weighted by atomic mass is 10.0. The minimum absolute atomic E-state index is 0.000290. The first-order chi connectivity index (χ1) is 34.4. The number of rotatable bonds is 17. The number of nitrogens with two attached hydrogens (primary N) is 2. The Morgan fingerprint density at radius 3 is 1.93 bits per heavy atom. The highest BCUT2D eigenvalue weighted by atomic mass is 33.1. The number of carboxylic acids is 1. The molecule has 0 aliphatic carbocycles. The van der Waals surface area contributed by atoms with Crippen molar-refractivity contribution in [2.45, 2.75) is 113 Å². The van der Waals surface area contributed by atoms with E-state index in [0.717, 1.165) is 45.0 Å². The number of benzene rings is 3. The van der Waals surface area contributed by atoms with Gasteiger partial charge in [-0.2, -0.15) is 0 Å². The summed E-state index contributed by atoms with van der Waals surface area (Å²) in [5, 5.41) is 49.7. The minimum Gasteiger partial charge on any atom is -0.480 e. The fraction of sp³-hybridized carbons (Fsp3) is 0.429. The third-order valence-electron chi connectivity index (χ3n) is 11.8. The normalized spacial score (nSPS) is 22.6. The van der Waals surface area contributed by atoms with E-state index in [1.54, 1.807) is 66.9 Å². The Morgan fingerprint density at radius 2 is 1.29 bits per heavy atom. The van der Waals surface area contributed by atoms with Gasteiger partial charge in [-0.25, -0.2) is 4.79 Å². The smallest absolute Gasteiger partial charge is 0.328 e. The summed E-state index contributed by atoms with van der Waals surface area (Å²) in [5.41, 5.74) is 14.9. The van der Waals surface area contributed by atoms with Crippen LogP contribution in [0.25, 0.3) is 10.9 Å². The van der Waals surface area contributed by atoms with Gasteiger partial charge < -0.3 is 69.0 Å². The lowest BCUT2D eigenvalue weighted by Crippen LogP contribution is -2.62. The molecule has 15 N–H and O–H groups in total. The van der Waals surface area contributed by atoms with Gasteiger partial charge in [-0.1, -0.05) is 100 Å². The van der Waals surface area contributed by atoms with E-state index in [1.807, 2.05) is 24.3 Å². The van der Waals surface area contributed by atoms with Crippen LogP contribution in [-0.2, 0) is 57.6 Å². The van der Waals surface area contributed by atoms with Gasteiger partial charge in [0.15, 0.2) is 6.04 Å². The quantitative estimate of drug-likeness (QED) is 0.0459. The third-order valence-corrected chi connectivity index (χ3v) is 14.2. The van der Waals surface area contributed by atoms with Crippen molar-refractivity contribution in [2.24, 2.45) is 11.5 Å². The summed E-state index contributed by atoms with van der Waals surface area (Å²) >= 11 is 0. The van der Waals surface area contributed by atoms with E-state index in [1.165, 1.54) is 6.92 Å². The molecule has 10 atom stereocenters. The number of aliphatic hydroxyl groups excluding tert-OH is 2. The molecule has 0 bridgehead atoms. The van der Waals surface area contributed by atoms with E-state index >= 15 is 0 Å². The number of carboxylic acid groups (broad SMARTS) is 1. The van der Waals surface area contributed by atoms with Gasteiger partial charge in [0.2, 0.25) is 41.4 Å². The SMILES string of the molecule is C[C@@H](O)[C@H](NC(=O)[C@H]1CSSC[C@H](NC(=O)[C@H](N)Cc2ccccc2)C(=O)N[C@@H](Cc2ccccc2)C(=O)N[C@H](Cc2c[nH]c3ccccc23)C(=O)N[C@@H](CCCCN)C(=O)N[C@@H]([C@@H](C)O)C(=O)N1)C(=O)O. The number of carbonyl (C=O) groups is 8. The van der Waals surface area contributed by atoms with Crippen LogP contribution in [0.2, 0.25) is 0 Å². The molecule has 1 saturated heterocycles. The van der Waals surface area contributed by atoms with E-state index in [2.05, 4.69) is 42.2 Å². The van der Waals surface area contributed by atoms with Crippen LogP contribution < -0.4 is 48.7 Å². The minimum atomic E-state index is -1.80. The number of para-hydroxylation sites is 1. The van der Waals surface area contributed by atoms with Crippen LogP contribution in [0, 0.1) is 0 Å². The van der Waals surface area contributed by atoms with E-state index in [-0.39, 0.29) is 43.7 Å². The van der Waals surface area contributed by atoms with Gasteiger partial charge in [-0.05, 0) is 68.8 Å². The molecule has 1 aliphatic heterocycles. The molecule has 4 aromatic rings. The van der Waals surface area contributed by atoms with E-state index in [9.17, 15) is 53.7 Å². The molecule has 23 heteroatoms. The van der Waals surface area contributed by atoms with Crippen LogP contribution in [0.1, 0.15) is 49.8 Å². The zero-order valence-corrected chi connectivity index (χ0v) is 41.5. The Labute approximate surface area is 424 Å². The summed E-state index contributed by atoms with van der Waals surface area (Å²) < 4.78 is 0. The van der Waals surface area contributed by atoms with Crippen LogP contribution in [0.5, 0.6) is 0 Å². The molecular weight excluding hydrogens is 969 g/mol. The molecule has 5 rings (SSSR count). The van der Waals surface area contributed by atoms with Crippen LogP contribution in [-0.4, -0.2) is 146 Å². The van der Waals surface area contributed by atoms with E-state index in [0.29, 0.717) is 24.0 Å². The number of nitrogens with one attached hydrogen (secondary N) is 8. The molecule has 1 fully saturated rings. The maximum absolute atomic E-state index is 14.7. The number of amides is 7. The zero-order chi connectivity index (χ0) is 52.3. The molecule has 1 aliphatic rings. The Bertz CT molecular complexity index is 2480. The van der Waals surface area contributed by atoms with Gasteiger partial charge >= 0.3 is 5.97 Å². The van der Waals surface area contributed by atoms with E-state index in [4.69, 9.17) is 11.5 Å². The lowest BCUT2D eigenvalue weighted by Gasteiger charge is -2.29. The summed E-state index contributed by atoms with van der Waals surface area (Å²) in [5.74, 6) is -8.24. The molecule has 72 heavy (non-hydrogen) atoms. The summed E-state index contributed by atoms with van der Waals surface area (Å²) in [4.78, 5) is 115. The lowest BCUT2D eigenvalue weighted by molar-refractivity contribution is -0.145. The van der Waals surface area contributed by atoms with Crippen LogP contribution >= 0.6 is 21.6 Å². The van der Waals surface area contributed by atoms with E-state index < -0.39 is 108 Å². The first-order valence-corrected chi connectivity index (χ1v) is 26.0. The van der Waals surface area contributed by atoms with Crippen molar-refractivity contribution in [3.63, 3.8) is 0 Å². The second-order valence-electron chi connectivity index (χ2n) is 17.5. The second-order valence-corrected chi connectivity index (χ2v) is 20.1. The predicted molar refractivity (Wildman–Crippen MR) is 273 cm³/mol. The fourth-order valence-corrected chi connectivity index (χ4v) is 10.1. The molecule has 2 heterocycles. The molecule has 3 aromatic carbocycles. The zero-order valence-electron chi connectivity index (χ0n) is 39.9. The molecule has 388 valence electrons. The van der Waals surface area contributed by atoms with Crippen molar-refractivity contribution in [3.05, 3.63) is 108 Å². The summed E-state index contributed by atoms with van der Waals surface area (Å²) in [6, 6.07) is 13.3. The van der Waals surface area contributed by atoms with Crippen molar-refractivity contribution in [2.75, 3.05) is 18.1 Å². The van der Waals surface area contributed by atoms with Gasteiger partial charge in [-0.15, -0.1) is 0 Å². The number of hydrogen-bond acceptors (Lipinski definition) is 14. The number of aromatic nitrogens is 1. The van der Waals surface area contributed by atoms with Crippen molar-refractivity contribution >= 4 is 79.8 Å². The molecule has 1 aromatic heterocycles. The predicted octanol–water partition coefficient (Wildman–Crippen LogP) is -0.713. The van der Waals surface area contributed by atoms with Gasteiger partial charge in [0.1, 0.15) is 36.3 Å². The summed E-state index contributed by atoms with van der Waals surface area (Å²) in [6.45, 7) is 2.60.